The van der Waals surface area contributed by atoms with Crippen LogP contribution in [0.4, 0.5) is 5.69 Å². The Morgan fingerprint density at radius 3 is 2.77 bits per heavy atom. The predicted molar refractivity (Wildman–Crippen MR) is 109 cm³/mol. The molecule has 0 saturated carbocycles. The molecule has 0 atom stereocenters. The summed E-state index contributed by atoms with van der Waals surface area (Å²) in [5, 5.41) is 22.1. The molecule has 0 radical (unpaired) electrons. The molecule has 2 aromatic carbocycles. The number of carboxylic acid groups (broad SMARTS) is 1. The normalized spacial score (nSPS) is 12.3. The lowest BCUT2D eigenvalue weighted by Gasteiger charge is -2.16. The van der Waals surface area contributed by atoms with Crippen LogP contribution in [-0.2, 0) is 16.0 Å². The molecule has 31 heavy (non-hydrogen) atoms. The second-order valence-electron chi connectivity index (χ2n) is 6.98. The van der Waals surface area contributed by atoms with Crippen LogP contribution in [0.3, 0.4) is 0 Å². The minimum absolute atomic E-state index is 0.0305. The van der Waals surface area contributed by atoms with Crippen molar-refractivity contribution < 1.29 is 24.0 Å². The summed E-state index contributed by atoms with van der Waals surface area (Å²) in [5.74, 6) is -0.0618. The van der Waals surface area contributed by atoms with Crippen LogP contribution < -0.4 is 9.64 Å². The highest BCUT2D eigenvalue weighted by Gasteiger charge is 2.25. The molecular formula is C22H18N4O5. The minimum Gasteiger partial charge on any atom is -0.495 e. The zero-order chi connectivity index (χ0) is 22.0. The molecule has 3 aromatic rings. The monoisotopic (exact) mass is 418 g/mol. The Morgan fingerprint density at radius 1 is 1.23 bits per heavy atom. The molecule has 9 nitrogen and oxygen atoms in total. The van der Waals surface area contributed by atoms with Crippen molar-refractivity contribution in [2.45, 2.75) is 19.3 Å². The van der Waals surface area contributed by atoms with Gasteiger partial charge in [-0.3, -0.25) is 9.59 Å². The Bertz CT molecular complexity index is 1210. The van der Waals surface area contributed by atoms with Gasteiger partial charge in [-0.25, -0.2) is 0 Å². The molecule has 0 spiro atoms. The molecular weight excluding hydrogens is 400 g/mol. The maximum Gasteiger partial charge on any atom is 0.303 e. The zero-order valence-electron chi connectivity index (χ0n) is 16.7. The summed E-state index contributed by atoms with van der Waals surface area (Å²) >= 11 is 0. The lowest BCUT2D eigenvalue weighted by molar-refractivity contribution is -0.138. The van der Waals surface area contributed by atoms with E-state index < -0.39 is 5.97 Å². The van der Waals surface area contributed by atoms with E-state index in [1.54, 1.807) is 29.2 Å². The molecule has 0 fully saturated rings. The van der Waals surface area contributed by atoms with Gasteiger partial charge in [0.25, 0.3) is 5.89 Å². The van der Waals surface area contributed by atoms with Gasteiger partial charge in [-0.15, -0.1) is 0 Å². The van der Waals surface area contributed by atoms with Crippen molar-refractivity contribution in [2.75, 3.05) is 18.6 Å². The van der Waals surface area contributed by atoms with Crippen LogP contribution in [0.15, 0.2) is 40.9 Å². The maximum absolute atomic E-state index is 12.3. The number of carboxylic acids is 1. The Kier molecular flexibility index (Phi) is 5.37. The molecule has 0 aliphatic carbocycles. The van der Waals surface area contributed by atoms with Crippen LogP contribution in [-0.4, -0.2) is 40.8 Å². The highest BCUT2D eigenvalue weighted by atomic mass is 16.5. The molecule has 1 aliphatic heterocycles. The Hall–Kier alpha value is -4.19. The minimum atomic E-state index is -0.991. The van der Waals surface area contributed by atoms with E-state index in [1.165, 1.54) is 7.11 Å². The van der Waals surface area contributed by atoms with Gasteiger partial charge in [0.05, 0.1) is 19.1 Å². The summed E-state index contributed by atoms with van der Waals surface area (Å²) in [6, 6.07) is 12.6. The summed E-state index contributed by atoms with van der Waals surface area (Å²) in [6.45, 7) is 0.511. The number of carbonyl (C=O) groups is 2. The first kappa shape index (κ1) is 20.1. The fourth-order valence-corrected chi connectivity index (χ4v) is 3.54. The first-order chi connectivity index (χ1) is 15.0. The number of aromatic nitrogens is 2. The lowest BCUT2D eigenvalue weighted by atomic mass is 10.1. The number of nitriles is 1. The van der Waals surface area contributed by atoms with E-state index in [0.717, 1.165) is 16.8 Å². The first-order valence-corrected chi connectivity index (χ1v) is 9.58. The third-order valence-corrected chi connectivity index (χ3v) is 5.08. The van der Waals surface area contributed by atoms with E-state index in [9.17, 15) is 14.9 Å². The Balaban J connectivity index is 1.56. The fourth-order valence-electron chi connectivity index (χ4n) is 3.54. The molecule has 0 saturated heterocycles. The van der Waals surface area contributed by atoms with Gasteiger partial charge in [0.1, 0.15) is 11.8 Å². The Morgan fingerprint density at radius 2 is 2.03 bits per heavy atom. The van der Waals surface area contributed by atoms with Crippen molar-refractivity contribution in [2.24, 2.45) is 0 Å². The van der Waals surface area contributed by atoms with Gasteiger partial charge in [-0.1, -0.05) is 5.16 Å². The number of anilines is 1. The average molecular weight is 418 g/mol. The zero-order valence-corrected chi connectivity index (χ0v) is 16.7. The highest BCUT2D eigenvalue weighted by molar-refractivity contribution is 5.97. The molecule has 0 unspecified atom stereocenters. The maximum atomic E-state index is 12.3. The SMILES string of the molecule is COc1ccc(-c2nc(-c3ccc4c(c3)CCN4C(=O)CCC(=O)O)no2)cc1C#N. The molecule has 9 heteroatoms. The van der Waals surface area contributed by atoms with E-state index in [4.69, 9.17) is 14.4 Å². The second kappa shape index (κ2) is 8.28. The number of aliphatic carboxylic acids is 1. The average Bonchev–Trinajstić information content (AvgIpc) is 3.44. The number of fused-ring (bicyclic) bond motifs is 1. The van der Waals surface area contributed by atoms with Crippen LogP contribution in [0.25, 0.3) is 22.8 Å². The predicted octanol–water partition coefficient (Wildman–Crippen LogP) is 3.04. The van der Waals surface area contributed by atoms with Crippen LogP contribution in [0, 0.1) is 11.3 Å². The summed E-state index contributed by atoms with van der Waals surface area (Å²) in [6.07, 6.45) is 0.446. The van der Waals surface area contributed by atoms with Gasteiger partial charge >= 0.3 is 5.97 Å². The number of hydrogen-bond acceptors (Lipinski definition) is 7. The number of carbonyl (C=O) groups excluding carboxylic acids is 1. The summed E-state index contributed by atoms with van der Waals surface area (Å²) < 4.78 is 10.5. The summed E-state index contributed by atoms with van der Waals surface area (Å²) in [7, 11) is 1.50. The van der Waals surface area contributed by atoms with E-state index >= 15 is 0 Å². The van der Waals surface area contributed by atoms with Crippen molar-refractivity contribution in [1.82, 2.24) is 10.1 Å². The summed E-state index contributed by atoms with van der Waals surface area (Å²) in [5.41, 5.74) is 3.44. The van der Waals surface area contributed by atoms with Gasteiger partial charge in [0.2, 0.25) is 11.7 Å². The number of nitrogens with zero attached hydrogens (tertiary/aromatic N) is 4. The number of ether oxygens (including phenoxy) is 1. The molecule has 156 valence electrons. The molecule has 1 aliphatic rings. The third-order valence-electron chi connectivity index (χ3n) is 5.08. The Labute approximate surface area is 177 Å². The van der Waals surface area contributed by atoms with E-state index in [2.05, 4.69) is 16.2 Å². The molecule has 1 aromatic heterocycles. The standard InChI is InChI=1S/C22H18N4O5/c1-30-18-5-3-15(11-16(18)12-23)22-24-21(25-31-22)14-2-4-17-13(10-14)8-9-26(17)19(27)6-7-20(28)29/h2-5,10-11H,6-9H2,1H3,(H,28,29). The molecule has 1 amide bonds. The van der Waals surface area contributed by atoms with Crippen molar-refractivity contribution in [1.29, 1.82) is 5.26 Å². The van der Waals surface area contributed by atoms with Crippen molar-refractivity contribution in [3.8, 4) is 34.7 Å². The van der Waals surface area contributed by atoms with Crippen molar-refractivity contribution in [3.63, 3.8) is 0 Å². The molecule has 2 heterocycles. The number of hydrogen-bond donors (Lipinski definition) is 1. The molecule has 1 N–H and O–H groups in total. The first-order valence-electron chi connectivity index (χ1n) is 9.58. The van der Waals surface area contributed by atoms with Crippen LogP contribution in [0.1, 0.15) is 24.0 Å². The quantitative estimate of drug-likeness (QED) is 0.646. The largest absolute Gasteiger partial charge is 0.495 e. The smallest absolute Gasteiger partial charge is 0.303 e. The second-order valence-corrected chi connectivity index (χ2v) is 6.98. The summed E-state index contributed by atoms with van der Waals surface area (Å²) in [4.78, 5) is 29.1. The van der Waals surface area contributed by atoms with Gasteiger partial charge < -0.3 is 19.3 Å². The number of benzene rings is 2. The van der Waals surface area contributed by atoms with Crippen LogP contribution >= 0.6 is 0 Å². The fraction of sp³-hybridized carbons (Fsp3) is 0.227. The van der Waals surface area contributed by atoms with Crippen LogP contribution in [0.5, 0.6) is 5.75 Å². The number of rotatable bonds is 6. The van der Waals surface area contributed by atoms with E-state index in [0.29, 0.717) is 35.7 Å². The van der Waals surface area contributed by atoms with Crippen molar-refractivity contribution >= 4 is 17.6 Å². The topological polar surface area (TPSA) is 130 Å². The number of amides is 1. The van der Waals surface area contributed by atoms with E-state index in [-0.39, 0.29) is 24.6 Å². The van der Waals surface area contributed by atoms with Crippen LogP contribution in [0.2, 0.25) is 0 Å². The number of methoxy groups -OCH3 is 1. The van der Waals surface area contributed by atoms with Crippen molar-refractivity contribution in [3.05, 3.63) is 47.5 Å². The van der Waals surface area contributed by atoms with Gasteiger partial charge in [0, 0.05) is 29.8 Å². The highest BCUT2D eigenvalue weighted by Crippen LogP contribution is 2.33. The van der Waals surface area contributed by atoms with Gasteiger partial charge in [-0.2, -0.15) is 10.2 Å². The van der Waals surface area contributed by atoms with Gasteiger partial charge in [0.15, 0.2) is 0 Å². The van der Waals surface area contributed by atoms with E-state index in [1.807, 2.05) is 12.1 Å². The third kappa shape index (κ3) is 3.96. The molecule has 0 bridgehead atoms. The van der Waals surface area contributed by atoms with Gasteiger partial charge in [-0.05, 0) is 48.4 Å². The lowest BCUT2D eigenvalue weighted by Crippen LogP contribution is -2.29. The molecule has 4 rings (SSSR count).